The first kappa shape index (κ1) is 14.9. The van der Waals surface area contributed by atoms with Crippen LogP contribution in [0.2, 0.25) is 0 Å². The lowest BCUT2D eigenvalue weighted by molar-refractivity contribution is -0.138. The van der Waals surface area contributed by atoms with Gasteiger partial charge in [0.05, 0.1) is 6.54 Å². The van der Waals surface area contributed by atoms with Crippen molar-refractivity contribution in [1.82, 2.24) is 4.90 Å². The molecule has 1 aromatic rings. The van der Waals surface area contributed by atoms with Gasteiger partial charge in [-0.2, -0.15) is 0 Å². The Morgan fingerprint density at radius 3 is 2.60 bits per heavy atom. The van der Waals surface area contributed by atoms with Gasteiger partial charge in [0.2, 0.25) is 0 Å². The number of benzene rings is 1. The third-order valence-electron chi connectivity index (χ3n) is 3.74. The Kier molecular flexibility index (Phi) is 5.41. The Labute approximate surface area is 121 Å². The fourth-order valence-corrected chi connectivity index (χ4v) is 2.78. The monoisotopic (exact) mass is 276 g/mol. The quantitative estimate of drug-likeness (QED) is 0.897. The molecule has 1 heterocycles. The fourth-order valence-electron chi connectivity index (χ4n) is 2.78. The molecule has 0 bridgehead atoms. The van der Waals surface area contributed by atoms with Gasteiger partial charge in [-0.1, -0.05) is 25.0 Å². The Hall–Kier alpha value is -1.55. The van der Waals surface area contributed by atoms with E-state index in [0.717, 1.165) is 13.1 Å². The zero-order chi connectivity index (χ0) is 14.4. The topological polar surface area (TPSA) is 43.8 Å². The molecule has 110 valence electrons. The molecule has 1 fully saturated rings. The van der Waals surface area contributed by atoms with Crippen molar-refractivity contribution in [2.24, 2.45) is 0 Å². The van der Waals surface area contributed by atoms with E-state index in [1.54, 1.807) is 0 Å². The molecule has 1 N–H and O–H groups in total. The van der Waals surface area contributed by atoms with Crippen LogP contribution in [0.1, 0.15) is 31.2 Å². The van der Waals surface area contributed by atoms with Gasteiger partial charge in [-0.3, -0.25) is 9.69 Å². The first-order valence-corrected chi connectivity index (χ1v) is 7.39. The molecule has 1 saturated heterocycles. The molecule has 0 spiro atoms. The number of likely N-dealkylation sites (N-methyl/N-ethyl adjacent to an activating group) is 1. The van der Waals surface area contributed by atoms with Crippen LogP contribution in [0.4, 0.5) is 5.69 Å². The first-order chi connectivity index (χ1) is 9.65. The molecular weight excluding hydrogens is 252 g/mol. The standard InChI is InChI=1S/C16H24N2O2/c1-17(13-16(19)20)12-14-7-6-8-15(11-14)18-9-4-2-3-5-10-18/h6-8,11H,2-5,9-10,12-13H2,1H3,(H,19,20). The van der Waals surface area contributed by atoms with Gasteiger partial charge < -0.3 is 10.0 Å². The molecule has 4 nitrogen and oxygen atoms in total. The van der Waals surface area contributed by atoms with Gasteiger partial charge in [-0.25, -0.2) is 0 Å². The second kappa shape index (κ2) is 7.29. The van der Waals surface area contributed by atoms with Crippen molar-refractivity contribution in [1.29, 1.82) is 0 Å². The van der Waals surface area contributed by atoms with E-state index in [-0.39, 0.29) is 6.54 Å². The van der Waals surface area contributed by atoms with E-state index in [4.69, 9.17) is 5.11 Å². The smallest absolute Gasteiger partial charge is 0.317 e. The molecule has 1 aliphatic heterocycles. The maximum atomic E-state index is 10.7. The number of rotatable bonds is 5. The number of hydrogen-bond acceptors (Lipinski definition) is 3. The third kappa shape index (κ3) is 4.53. The van der Waals surface area contributed by atoms with Crippen molar-refractivity contribution in [2.75, 3.05) is 31.6 Å². The minimum absolute atomic E-state index is 0.0773. The fraction of sp³-hybridized carbons (Fsp3) is 0.562. The van der Waals surface area contributed by atoms with Crippen molar-refractivity contribution >= 4 is 11.7 Å². The van der Waals surface area contributed by atoms with E-state index in [9.17, 15) is 4.79 Å². The molecule has 0 saturated carbocycles. The van der Waals surface area contributed by atoms with Crippen molar-refractivity contribution in [3.8, 4) is 0 Å². The van der Waals surface area contributed by atoms with Crippen LogP contribution in [0.15, 0.2) is 24.3 Å². The molecule has 0 radical (unpaired) electrons. The van der Waals surface area contributed by atoms with Gasteiger partial charge in [-0.15, -0.1) is 0 Å². The third-order valence-corrected chi connectivity index (χ3v) is 3.74. The van der Waals surface area contributed by atoms with Gasteiger partial charge in [0.15, 0.2) is 0 Å². The van der Waals surface area contributed by atoms with Gasteiger partial charge in [0.1, 0.15) is 0 Å². The van der Waals surface area contributed by atoms with Crippen molar-refractivity contribution < 1.29 is 9.90 Å². The van der Waals surface area contributed by atoms with Gasteiger partial charge in [0, 0.05) is 25.3 Å². The first-order valence-electron chi connectivity index (χ1n) is 7.39. The van der Waals surface area contributed by atoms with Gasteiger partial charge in [0.25, 0.3) is 0 Å². The molecule has 4 heteroatoms. The van der Waals surface area contributed by atoms with E-state index in [1.807, 2.05) is 11.9 Å². The molecule has 0 unspecified atom stereocenters. The van der Waals surface area contributed by atoms with E-state index >= 15 is 0 Å². The van der Waals surface area contributed by atoms with Crippen molar-refractivity contribution in [2.45, 2.75) is 32.2 Å². The average Bonchev–Trinajstić information content (AvgIpc) is 2.66. The van der Waals surface area contributed by atoms with Gasteiger partial charge >= 0.3 is 5.97 Å². The molecule has 2 rings (SSSR count). The molecule has 0 aromatic heterocycles. The zero-order valence-electron chi connectivity index (χ0n) is 12.2. The lowest BCUT2D eigenvalue weighted by Crippen LogP contribution is -2.26. The SMILES string of the molecule is CN(CC(=O)O)Cc1cccc(N2CCCCCC2)c1. The van der Waals surface area contributed by atoms with Crippen LogP contribution in [-0.4, -0.2) is 42.7 Å². The molecule has 20 heavy (non-hydrogen) atoms. The summed E-state index contributed by atoms with van der Waals surface area (Å²) in [6, 6.07) is 8.50. The summed E-state index contributed by atoms with van der Waals surface area (Å²) in [4.78, 5) is 15.0. The largest absolute Gasteiger partial charge is 0.480 e. The predicted molar refractivity (Wildman–Crippen MR) is 81.1 cm³/mol. The molecular formula is C16H24N2O2. The maximum Gasteiger partial charge on any atom is 0.317 e. The highest BCUT2D eigenvalue weighted by Gasteiger charge is 2.11. The van der Waals surface area contributed by atoms with Crippen LogP contribution in [0.5, 0.6) is 0 Å². The normalized spacial score (nSPS) is 16.2. The maximum absolute atomic E-state index is 10.7. The van der Waals surface area contributed by atoms with E-state index in [2.05, 4.69) is 29.2 Å². The minimum atomic E-state index is -0.781. The van der Waals surface area contributed by atoms with Gasteiger partial charge in [-0.05, 0) is 37.6 Å². The molecule has 0 amide bonds. The van der Waals surface area contributed by atoms with Crippen LogP contribution in [0.25, 0.3) is 0 Å². The molecule has 0 aliphatic carbocycles. The number of carbonyl (C=O) groups is 1. The molecule has 1 aromatic carbocycles. The average molecular weight is 276 g/mol. The van der Waals surface area contributed by atoms with E-state index in [1.165, 1.54) is 36.9 Å². The summed E-state index contributed by atoms with van der Waals surface area (Å²) in [5, 5.41) is 8.80. The van der Waals surface area contributed by atoms with Crippen molar-refractivity contribution in [3.63, 3.8) is 0 Å². The summed E-state index contributed by atoms with van der Waals surface area (Å²) >= 11 is 0. The zero-order valence-corrected chi connectivity index (χ0v) is 12.2. The minimum Gasteiger partial charge on any atom is -0.480 e. The van der Waals surface area contributed by atoms with Crippen molar-refractivity contribution in [3.05, 3.63) is 29.8 Å². The number of anilines is 1. The van der Waals surface area contributed by atoms with Crippen LogP contribution >= 0.6 is 0 Å². The number of nitrogens with zero attached hydrogens (tertiary/aromatic N) is 2. The Balaban J connectivity index is 2.01. The van der Waals surface area contributed by atoms with Crippen LogP contribution < -0.4 is 4.90 Å². The summed E-state index contributed by atoms with van der Waals surface area (Å²) in [5.74, 6) is -0.781. The summed E-state index contributed by atoms with van der Waals surface area (Å²) in [7, 11) is 1.84. The summed E-state index contributed by atoms with van der Waals surface area (Å²) in [5.41, 5.74) is 2.45. The number of carboxylic acids is 1. The highest BCUT2D eigenvalue weighted by atomic mass is 16.4. The lowest BCUT2D eigenvalue weighted by Gasteiger charge is -2.24. The second-order valence-electron chi connectivity index (χ2n) is 5.64. The van der Waals surface area contributed by atoms with E-state index in [0.29, 0.717) is 6.54 Å². The second-order valence-corrected chi connectivity index (χ2v) is 5.64. The molecule has 0 atom stereocenters. The lowest BCUT2D eigenvalue weighted by atomic mass is 10.1. The Morgan fingerprint density at radius 2 is 1.95 bits per heavy atom. The highest BCUT2D eigenvalue weighted by molar-refractivity contribution is 5.69. The summed E-state index contributed by atoms with van der Waals surface area (Å²) in [6.07, 6.45) is 5.20. The predicted octanol–water partition coefficient (Wildman–Crippen LogP) is 2.58. The van der Waals surface area contributed by atoms with Crippen LogP contribution in [0.3, 0.4) is 0 Å². The number of hydrogen-bond donors (Lipinski definition) is 1. The van der Waals surface area contributed by atoms with Crippen LogP contribution in [-0.2, 0) is 11.3 Å². The Bertz CT molecular complexity index is 440. The van der Waals surface area contributed by atoms with E-state index < -0.39 is 5.97 Å². The summed E-state index contributed by atoms with van der Waals surface area (Å²) < 4.78 is 0. The highest BCUT2D eigenvalue weighted by Crippen LogP contribution is 2.21. The summed E-state index contributed by atoms with van der Waals surface area (Å²) in [6.45, 7) is 3.02. The number of aliphatic carboxylic acids is 1. The molecule has 1 aliphatic rings. The Morgan fingerprint density at radius 1 is 1.25 bits per heavy atom. The number of carboxylic acid groups (broad SMARTS) is 1. The van der Waals surface area contributed by atoms with Crippen LogP contribution in [0, 0.1) is 0 Å².